The largest absolute Gasteiger partial charge is 0.507 e. The van der Waals surface area contributed by atoms with Crippen molar-refractivity contribution in [2.75, 3.05) is 0 Å². The number of hydrogen-bond acceptors (Lipinski definition) is 3. The molecular weight excluding hydrogens is 505 g/mol. The van der Waals surface area contributed by atoms with Gasteiger partial charge in [0.25, 0.3) is 0 Å². The highest BCUT2D eigenvalue weighted by Gasteiger charge is 1.95. The molecule has 0 heterocycles. The summed E-state index contributed by atoms with van der Waals surface area (Å²) >= 11 is 3.58. The SMILES string of the molecule is O.Oc1cccc2ccccc12.c1ccc(Sc2ccccc2)cc1.c1ccc(Sc2ccccc2)cc1. The molecule has 0 aliphatic carbocycles. The molecule has 38 heavy (non-hydrogen) atoms. The fourth-order valence-electron chi connectivity index (χ4n) is 3.43. The topological polar surface area (TPSA) is 51.7 Å². The van der Waals surface area contributed by atoms with Gasteiger partial charge in [-0.3, -0.25) is 0 Å². The summed E-state index contributed by atoms with van der Waals surface area (Å²) in [6.45, 7) is 0. The molecule has 4 heteroatoms. The maximum absolute atomic E-state index is 9.37. The highest BCUT2D eigenvalue weighted by molar-refractivity contribution is 7.99. The van der Waals surface area contributed by atoms with E-state index in [2.05, 4.69) is 97.1 Å². The van der Waals surface area contributed by atoms with Crippen LogP contribution in [0.5, 0.6) is 5.75 Å². The van der Waals surface area contributed by atoms with E-state index in [1.807, 2.05) is 60.7 Å². The molecule has 6 aromatic carbocycles. The number of rotatable bonds is 4. The second kappa shape index (κ2) is 16.0. The first-order valence-electron chi connectivity index (χ1n) is 12.0. The van der Waals surface area contributed by atoms with Crippen molar-refractivity contribution in [1.82, 2.24) is 0 Å². The van der Waals surface area contributed by atoms with Crippen molar-refractivity contribution in [3.63, 3.8) is 0 Å². The fraction of sp³-hybridized carbons (Fsp3) is 0. The van der Waals surface area contributed by atoms with E-state index in [0.717, 1.165) is 10.8 Å². The van der Waals surface area contributed by atoms with Crippen LogP contribution in [0.15, 0.2) is 183 Å². The van der Waals surface area contributed by atoms with Crippen LogP contribution in [0.25, 0.3) is 10.8 Å². The monoisotopic (exact) mass is 534 g/mol. The first-order chi connectivity index (χ1) is 18.3. The number of phenolic OH excluding ortho intramolecular Hbond substituents is 1. The van der Waals surface area contributed by atoms with Crippen molar-refractivity contribution in [1.29, 1.82) is 0 Å². The first-order valence-corrected chi connectivity index (χ1v) is 13.6. The molecule has 0 saturated carbocycles. The van der Waals surface area contributed by atoms with E-state index >= 15 is 0 Å². The van der Waals surface area contributed by atoms with Crippen LogP contribution in [-0.4, -0.2) is 10.6 Å². The summed E-state index contributed by atoms with van der Waals surface area (Å²) in [5.41, 5.74) is 0. The van der Waals surface area contributed by atoms with Crippen LogP contribution in [0, 0.1) is 0 Å². The number of benzene rings is 6. The zero-order valence-electron chi connectivity index (χ0n) is 20.9. The van der Waals surface area contributed by atoms with Gasteiger partial charge in [0.05, 0.1) is 0 Å². The molecule has 2 nitrogen and oxygen atoms in total. The highest BCUT2D eigenvalue weighted by atomic mass is 32.2. The maximum atomic E-state index is 9.37. The molecule has 3 N–H and O–H groups in total. The molecule has 0 saturated heterocycles. The Morgan fingerprint density at radius 1 is 0.342 bits per heavy atom. The van der Waals surface area contributed by atoms with Crippen molar-refractivity contribution < 1.29 is 10.6 Å². The third-order valence-corrected chi connectivity index (χ3v) is 7.24. The lowest BCUT2D eigenvalue weighted by atomic mass is 10.1. The van der Waals surface area contributed by atoms with Crippen LogP contribution in [0.4, 0.5) is 0 Å². The second-order valence-corrected chi connectivity index (χ2v) is 10.2. The summed E-state index contributed by atoms with van der Waals surface area (Å²) in [4.78, 5) is 5.14. The third kappa shape index (κ3) is 9.49. The summed E-state index contributed by atoms with van der Waals surface area (Å²) in [7, 11) is 0. The second-order valence-electron chi connectivity index (χ2n) is 7.95. The van der Waals surface area contributed by atoms with E-state index in [9.17, 15) is 5.11 Å². The minimum atomic E-state index is 0. The molecule has 0 aliphatic heterocycles. The van der Waals surface area contributed by atoms with Gasteiger partial charge in [0, 0.05) is 25.0 Å². The highest BCUT2D eigenvalue weighted by Crippen LogP contribution is 2.27. The summed E-state index contributed by atoms with van der Waals surface area (Å²) in [6, 6.07) is 54.9. The fourth-order valence-corrected chi connectivity index (χ4v) is 5.15. The van der Waals surface area contributed by atoms with Crippen LogP contribution in [0.3, 0.4) is 0 Å². The van der Waals surface area contributed by atoms with E-state index in [4.69, 9.17) is 0 Å². The van der Waals surface area contributed by atoms with Crippen molar-refractivity contribution in [3.8, 4) is 5.75 Å². The van der Waals surface area contributed by atoms with E-state index in [1.165, 1.54) is 19.6 Å². The molecule has 0 fully saturated rings. The number of aromatic hydroxyl groups is 1. The van der Waals surface area contributed by atoms with Crippen molar-refractivity contribution in [3.05, 3.63) is 164 Å². The average Bonchev–Trinajstić information content (AvgIpc) is 2.96. The van der Waals surface area contributed by atoms with E-state index in [1.54, 1.807) is 29.6 Å². The average molecular weight is 535 g/mol. The lowest BCUT2D eigenvalue weighted by Crippen LogP contribution is -1.70. The molecule has 0 bridgehead atoms. The summed E-state index contributed by atoms with van der Waals surface area (Å²) in [6.07, 6.45) is 0. The van der Waals surface area contributed by atoms with Gasteiger partial charge in [-0.05, 0) is 60.0 Å². The molecule has 0 amide bonds. The lowest BCUT2D eigenvalue weighted by molar-refractivity contribution is 0.481. The van der Waals surface area contributed by atoms with Crippen molar-refractivity contribution in [2.24, 2.45) is 0 Å². The van der Waals surface area contributed by atoms with Crippen LogP contribution in [0.2, 0.25) is 0 Å². The predicted molar refractivity (Wildman–Crippen MR) is 163 cm³/mol. The van der Waals surface area contributed by atoms with Crippen LogP contribution in [-0.2, 0) is 0 Å². The normalized spacial score (nSPS) is 9.68. The van der Waals surface area contributed by atoms with Crippen LogP contribution < -0.4 is 0 Å². The van der Waals surface area contributed by atoms with Gasteiger partial charge in [0.2, 0.25) is 0 Å². The molecular formula is C34H30O2S2. The molecule has 6 aromatic rings. The Labute approximate surface area is 233 Å². The predicted octanol–water partition coefficient (Wildman–Crippen LogP) is 9.40. The summed E-state index contributed by atoms with van der Waals surface area (Å²) in [5, 5.41) is 11.4. The van der Waals surface area contributed by atoms with Gasteiger partial charge in [-0.1, -0.05) is 133 Å². The first kappa shape index (κ1) is 28.6. The minimum absolute atomic E-state index is 0. The Bertz CT molecular complexity index is 1300. The Balaban J connectivity index is 0.000000156. The zero-order valence-corrected chi connectivity index (χ0v) is 22.5. The Morgan fingerprint density at radius 2 is 0.658 bits per heavy atom. The third-order valence-electron chi connectivity index (χ3n) is 5.21. The van der Waals surface area contributed by atoms with E-state index < -0.39 is 0 Å². The quantitative estimate of drug-likeness (QED) is 0.245. The number of phenols is 1. The summed E-state index contributed by atoms with van der Waals surface area (Å²) in [5.74, 6) is 0.350. The number of fused-ring (bicyclic) bond motifs is 1. The van der Waals surface area contributed by atoms with Gasteiger partial charge in [0.15, 0.2) is 0 Å². The molecule has 6 rings (SSSR count). The van der Waals surface area contributed by atoms with Gasteiger partial charge in [0.1, 0.15) is 5.75 Å². The molecule has 0 aliphatic rings. The standard InChI is InChI=1S/2C12H10S.C10H8O.H2O/c2*1-3-7-11(8-4-1)13-12-9-5-2-6-10-12;11-10-7-3-5-8-4-1-2-6-9(8)10;/h2*1-10H;1-7,11H;1H2. The summed E-state index contributed by atoms with van der Waals surface area (Å²) < 4.78 is 0. The van der Waals surface area contributed by atoms with Gasteiger partial charge in [-0.15, -0.1) is 0 Å². The smallest absolute Gasteiger partial charge is 0.123 e. The molecule has 0 radical (unpaired) electrons. The molecule has 190 valence electrons. The Morgan fingerprint density at radius 3 is 1.03 bits per heavy atom. The molecule has 0 aromatic heterocycles. The van der Waals surface area contributed by atoms with Crippen molar-refractivity contribution in [2.45, 2.75) is 19.6 Å². The minimum Gasteiger partial charge on any atom is -0.507 e. The lowest BCUT2D eigenvalue weighted by Gasteiger charge is -1.99. The van der Waals surface area contributed by atoms with Crippen LogP contribution >= 0.6 is 23.5 Å². The van der Waals surface area contributed by atoms with Crippen molar-refractivity contribution >= 4 is 34.3 Å². The van der Waals surface area contributed by atoms with Gasteiger partial charge >= 0.3 is 0 Å². The zero-order chi connectivity index (χ0) is 25.5. The van der Waals surface area contributed by atoms with Gasteiger partial charge in [-0.25, -0.2) is 0 Å². The van der Waals surface area contributed by atoms with Gasteiger partial charge < -0.3 is 10.6 Å². The van der Waals surface area contributed by atoms with Crippen LogP contribution in [0.1, 0.15) is 0 Å². The molecule has 0 unspecified atom stereocenters. The Hall–Kier alpha value is -3.96. The number of hydrogen-bond donors (Lipinski definition) is 1. The maximum Gasteiger partial charge on any atom is 0.123 e. The Kier molecular flexibility index (Phi) is 12.0. The van der Waals surface area contributed by atoms with E-state index in [0.29, 0.717) is 5.75 Å². The van der Waals surface area contributed by atoms with E-state index in [-0.39, 0.29) is 5.48 Å². The molecule has 0 atom stereocenters. The molecule has 0 spiro atoms. The van der Waals surface area contributed by atoms with Gasteiger partial charge in [-0.2, -0.15) is 0 Å².